The molecule has 1 fully saturated rings. The summed E-state index contributed by atoms with van der Waals surface area (Å²) >= 11 is 0. The van der Waals surface area contributed by atoms with E-state index in [1.54, 1.807) is 0 Å². The van der Waals surface area contributed by atoms with Gasteiger partial charge in [-0.05, 0) is 75.3 Å². The van der Waals surface area contributed by atoms with E-state index in [1.165, 1.54) is 60.9 Å². The second-order valence-corrected chi connectivity index (χ2v) is 7.86. The SMILES string of the molecule is CC.CC.CC.CC.CCCCN(Cc1ccccc1)C1(CC)CC1.Cc1cccc(C)c1C. The van der Waals surface area contributed by atoms with Gasteiger partial charge in [-0.1, -0.05) is 124 Å². The number of unbranched alkanes of at least 4 members (excludes halogenated alkanes) is 1. The van der Waals surface area contributed by atoms with Gasteiger partial charge < -0.3 is 0 Å². The quantitative estimate of drug-likeness (QED) is 0.388. The van der Waals surface area contributed by atoms with E-state index in [1.807, 2.05) is 55.4 Å². The fourth-order valence-electron chi connectivity index (χ4n) is 3.57. The maximum Gasteiger partial charge on any atom is 0.0239 e. The number of benzene rings is 2. The normalized spacial score (nSPS) is 11.9. The molecule has 0 N–H and O–H groups in total. The van der Waals surface area contributed by atoms with Crippen molar-refractivity contribution in [3.05, 3.63) is 70.8 Å². The van der Waals surface area contributed by atoms with Crippen molar-refractivity contribution in [1.82, 2.24) is 4.90 Å². The molecule has 3 rings (SSSR count). The molecule has 2 aromatic carbocycles. The minimum atomic E-state index is 0.547. The van der Waals surface area contributed by atoms with Crippen molar-refractivity contribution in [3.63, 3.8) is 0 Å². The predicted molar refractivity (Wildman–Crippen MR) is 160 cm³/mol. The third kappa shape index (κ3) is 14.6. The van der Waals surface area contributed by atoms with Crippen LogP contribution in [0.3, 0.4) is 0 Å². The highest BCUT2D eigenvalue weighted by Gasteiger charge is 2.45. The average Bonchev–Trinajstić information content (AvgIpc) is 3.72. The molecule has 0 heterocycles. The third-order valence-corrected chi connectivity index (χ3v) is 6.03. The summed E-state index contributed by atoms with van der Waals surface area (Å²) in [6, 6.07) is 17.3. The molecule has 1 aliphatic rings. The molecule has 0 aromatic heterocycles. The fourth-order valence-corrected chi connectivity index (χ4v) is 3.57. The van der Waals surface area contributed by atoms with E-state index in [0.717, 1.165) is 6.54 Å². The van der Waals surface area contributed by atoms with Gasteiger partial charge >= 0.3 is 0 Å². The first-order valence-corrected chi connectivity index (χ1v) is 14.3. The Kier molecular flexibility index (Phi) is 26.7. The van der Waals surface area contributed by atoms with E-state index in [9.17, 15) is 0 Å². The highest BCUT2D eigenvalue weighted by Crippen LogP contribution is 2.45. The first-order valence-electron chi connectivity index (χ1n) is 14.3. The summed E-state index contributed by atoms with van der Waals surface area (Å²) in [5, 5.41) is 0. The van der Waals surface area contributed by atoms with E-state index in [-0.39, 0.29) is 0 Å². The highest BCUT2D eigenvalue weighted by atomic mass is 15.2. The van der Waals surface area contributed by atoms with Crippen LogP contribution in [0, 0.1) is 20.8 Å². The lowest BCUT2D eigenvalue weighted by Crippen LogP contribution is -2.37. The average molecular weight is 472 g/mol. The van der Waals surface area contributed by atoms with Gasteiger partial charge in [0, 0.05) is 12.1 Å². The Labute approximate surface area is 216 Å². The van der Waals surface area contributed by atoms with Crippen LogP contribution in [-0.2, 0) is 6.54 Å². The summed E-state index contributed by atoms with van der Waals surface area (Å²) in [5.41, 5.74) is 6.19. The van der Waals surface area contributed by atoms with Gasteiger partial charge in [-0.2, -0.15) is 0 Å². The number of hydrogen-bond acceptors (Lipinski definition) is 1. The van der Waals surface area contributed by atoms with Crippen molar-refractivity contribution >= 4 is 0 Å². The van der Waals surface area contributed by atoms with Crippen molar-refractivity contribution in [2.45, 2.75) is 134 Å². The molecule has 0 radical (unpaired) electrons. The number of hydrogen-bond donors (Lipinski definition) is 0. The summed E-state index contributed by atoms with van der Waals surface area (Å²) in [7, 11) is 0. The van der Waals surface area contributed by atoms with E-state index in [0.29, 0.717) is 5.54 Å². The molecule has 1 heteroatoms. The second-order valence-electron chi connectivity index (χ2n) is 7.86. The standard InChI is InChI=1S/C16H25N.C9H12.4C2H6/c1-3-5-13-17(16(4-2)11-12-16)14-15-9-7-6-8-10-15;1-7-5-4-6-8(2)9(7)3;4*1-2/h6-10H,3-5,11-14H2,1-2H3;4-6H,1-3H3;4*1-2H3. The van der Waals surface area contributed by atoms with E-state index in [2.05, 4.69) is 88.0 Å². The number of nitrogens with zero attached hydrogens (tertiary/aromatic N) is 1. The van der Waals surface area contributed by atoms with Gasteiger partial charge in [-0.15, -0.1) is 0 Å². The van der Waals surface area contributed by atoms with Crippen LogP contribution in [0.2, 0.25) is 0 Å². The van der Waals surface area contributed by atoms with Crippen LogP contribution >= 0.6 is 0 Å². The van der Waals surface area contributed by atoms with E-state index >= 15 is 0 Å². The van der Waals surface area contributed by atoms with Gasteiger partial charge in [0.05, 0.1) is 0 Å². The van der Waals surface area contributed by atoms with Gasteiger partial charge in [0.2, 0.25) is 0 Å². The zero-order valence-corrected chi connectivity index (χ0v) is 25.5. The largest absolute Gasteiger partial charge is 0.293 e. The molecular weight excluding hydrogens is 410 g/mol. The maximum atomic E-state index is 2.73. The van der Waals surface area contributed by atoms with Crippen LogP contribution < -0.4 is 0 Å². The molecule has 0 atom stereocenters. The molecule has 198 valence electrons. The van der Waals surface area contributed by atoms with Gasteiger partial charge in [-0.25, -0.2) is 0 Å². The Hall–Kier alpha value is -1.60. The van der Waals surface area contributed by atoms with Crippen LogP contribution in [0.4, 0.5) is 0 Å². The molecule has 0 saturated heterocycles. The summed E-state index contributed by atoms with van der Waals surface area (Å²) in [5.74, 6) is 0. The molecule has 2 aromatic rings. The monoisotopic (exact) mass is 471 g/mol. The molecule has 1 saturated carbocycles. The summed E-state index contributed by atoms with van der Waals surface area (Å²) in [6.07, 6.45) is 6.74. The van der Waals surface area contributed by atoms with Gasteiger partial charge in [0.25, 0.3) is 0 Å². The summed E-state index contributed by atoms with van der Waals surface area (Å²) in [4.78, 5) is 2.73. The van der Waals surface area contributed by atoms with Crippen LogP contribution in [0.15, 0.2) is 48.5 Å². The fraction of sp³-hybridized carbons (Fsp3) is 0.636. The Bertz CT molecular complexity index is 635. The molecule has 1 nitrogen and oxygen atoms in total. The summed E-state index contributed by atoms with van der Waals surface area (Å²) in [6.45, 7) is 29.5. The maximum absolute atomic E-state index is 2.73. The van der Waals surface area contributed by atoms with Crippen LogP contribution in [0.25, 0.3) is 0 Å². The third-order valence-electron chi connectivity index (χ3n) is 6.03. The predicted octanol–water partition coefficient (Wildman–Crippen LogP) is 10.9. The minimum absolute atomic E-state index is 0.547. The Morgan fingerprint density at radius 1 is 0.676 bits per heavy atom. The number of aryl methyl sites for hydroxylation is 2. The molecule has 0 aliphatic heterocycles. The van der Waals surface area contributed by atoms with Crippen molar-refractivity contribution in [2.75, 3.05) is 6.54 Å². The van der Waals surface area contributed by atoms with Gasteiger partial charge in [0.15, 0.2) is 0 Å². The summed E-state index contributed by atoms with van der Waals surface area (Å²) < 4.78 is 0. The first kappa shape index (κ1) is 37.0. The zero-order chi connectivity index (χ0) is 27.0. The Morgan fingerprint density at radius 3 is 1.50 bits per heavy atom. The second kappa shape index (κ2) is 24.5. The van der Waals surface area contributed by atoms with Gasteiger partial charge in [-0.3, -0.25) is 4.90 Å². The molecular formula is C33H61N. The lowest BCUT2D eigenvalue weighted by Gasteiger charge is -2.31. The van der Waals surface area contributed by atoms with E-state index in [4.69, 9.17) is 0 Å². The van der Waals surface area contributed by atoms with Crippen molar-refractivity contribution < 1.29 is 0 Å². The molecule has 34 heavy (non-hydrogen) atoms. The zero-order valence-electron chi connectivity index (χ0n) is 25.5. The first-order chi connectivity index (χ1) is 16.5. The molecule has 0 spiro atoms. The van der Waals surface area contributed by atoms with Gasteiger partial charge in [0.1, 0.15) is 0 Å². The van der Waals surface area contributed by atoms with Crippen LogP contribution in [0.5, 0.6) is 0 Å². The molecule has 0 bridgehead atoms. The smallest absolute Gasteiger partial charge is 0.0239 e. The van der Waals surface area contributed by atoms with Crippen molar-refractivity contribution in [3.8, 4) is 0 Å². The Balaban J connectivity index is -0.000000479. The molecule has 0 unspecified atom stereocenters. The lowest BCUT2D eigenvalue weighted by molar-refractivity contribution is 0.160. The van der Waals surface area contributed by atoms with Crippen LogP contribution in [0.1, 0.15) is 124 Å². The molecule has 0 amide bonds. The van der Waals surface area contributed by atoms with Crippen LogP contribution in [-0.4, -0.2) is 17.0 Å². The molecule has 1 aliphatic carbocycles. The minimum Gasteiger partial charge on any atom is -0.293 e. The van der Waals surface area contributed by atoms with Crippen molar-refractivity contribution in [1.29, 1.82) is 0 Å². The topological polar surface area (TPSA) is 3.24 Å². The van der Waals surface area contributed by atoms with E-state index < -0.39 is 0 Å². The highest BCUT2D eigenvalue weighted by molar-refractivity contribution is 5.31. The Morgan fingerprint density at radius 2 is 1.15 bits per heavy atom. The lowest BCUT2D eigenvalue weighted by atomic mass is 10.1. The van der Waals surface area contributed by atoms with Crippen molar-refractivity contribution in [2.24, 2.45) is 0 Å². The number of rotatable bonds is 7.